The average molecular weight is 368 g/mol. The quantitative estimate of drug-likeness (QED) is 0.547. The van der Waals surface area contributed by atoms with Crippen molar-refractivity contribution in [3.63, 3.8) is 0 Å². The topological polar surface area (TPSA) is 80.7 Å². The third kappa shape index (κ3) is 3.66. The predicted octanol–water partition coefficient (Wildman–Crippen LogP) is 3.84. The van der Waals surface area contributed by atoms with Crippen molar-refractivity contribution in [2.75, 3.05) is 7.11 Å². The molecule has 0 heterocycles. The Morgan fingerprint density at radius 1 is 0.846 bits per heavy atom. The molecule has 0 saturated heterocycles. The van der Waals surface area contributed by atoms with Crippen molar-refractivity contribution in [1.82, 2.24) is 0 Å². The van der Waals surface area contributed by atoms with Gasteiger partial charge in [0.05, 0.1) is 7.11 Å². The van der Waals surface area contributed by atoms with Crippen LogP contribution in [0.25, 0.3) is 11.1 Å². The largest absolute Gasteiger partial charge is 0.497 e. The molecule has 1 N–H and O–H groups in total. The van der Waals surface area contributed by atoms with Gasteiger partial charge in [0, 0.05) is 11.1 Å². The second-order valence-electron chi connectivity index (χ2n) is 5.61. The molecular formula is C20H16O5S. The zero-order valence-corrected chi connectivity index (χ0v) is 14.7. The van der Waals surface area contributed by atoms with Gasteiger partial charge in [-0.25, -0.2) is 0 Å². The summed E-state index contributed by atoms with van der Waals surface area (Å²) in [5.41, 5.74) is 2.14. The van der Waals surface area contributed by atoms with E-state index in [-0.39, 0.29) is 5.56 Å². The number of ether oxygens (including phenoxy) is 1. The van der Waals surface area contributed by atoms with Gasteiger partial charge in [0.15, 0.2) is 5.78 Å². The Labute approximate surface area is 151 Å². The van der Waals surface area contributed by atoms with Crippen LogP contribution in [0.15, 0.2) is 77.7 Å². The van der Waals surface area contributed by atoms with Crippen LogP contribution in [0.2, 0.25) is 0 Å². The Balaban J connectivity index is 1.93. The minimum atomic E-state index is -4.48. The molecule has 0 aromatic heterocycles. The average Bonchev–Trinajstić information content (AvgIpc) is 2.67. The molecule has 0 amide bonds. The molecule has 0 fully saturated rings. The fraction of sp³-hybridized carbons (Fsp3) is 0.0500. The Morgan fingerprint density at radius 2 is 1.38 bits per heavy atom. The zero-order valence-electron chi connectivity index (χ0n) is 13.9. The van der Waals surface area contributed by atoms with Crippen molar-refractivity contribution in [3.8, 4) is 16.9 Å². The van der Waals surface area contributed by atoms with Crippen LogP contribution in [0.3, 0.4) is 0 Å². The van der Waals surface area contributed by atoms with E-state index < -0.39 is 20.8 Å². The lowest BCUT2D eigenvalue weighted by Crippen LogP contribution is -2.09. The number of carbonyl (C=O) groups is 1. The molecule has 0 aliphatic rings. The molecule has 3 aromatic rings. The monoisotopic (exact) mass is 368 g/mol. The normalized spacial score (nSPS) is 11.2. The van der Waals surface area contributed by atoms with Gasteiger partial charge < -0.3 is 4.74 Å². The SMILES string of the molecule is COc1ccc(-c2ccc(C(=O)c3ccccc3S(=O)(=O)O)cc2)cc1. The molecular weight excluding hydrogens is 352 g/mol. The maximum Gasteiger partial charge on any atom is 0.295 e. The van der Waals surface area contributed by atoms with Crippen LogP contribution >= 0.6 is 0 Å². The molecule has 3 aromatic carbocycles. The molecule has 0 aliphatic heterocycles. The third-order valence-corrected chi connectivity index (χ3v) is 4.89. The van der Waals surface area contributed by atoms with Crippen molar-refractivity contribution in [1.29, 1.82) is 0 Å². The van der Waals surface area contributed by atoms with Crippen molar-refractivity contribution >= 4 is 15.9 Å². The van der Waals surface area contributed by atoms with Gasteiger partial charge in [0.1, 0.15) is 10.6 Å². The van der Waals surface area contributed by atoms with E-state index >= 15 is 0 Å². The molecule has 26 heavy (non-hydrogen) atoms. The maximum absolute atomic E-state index is 12.7. The summed E-state index contributed by atoms with van der Waals surface area (Å²) in [6, 6.07) is 19.9. The van der Waals surface area contributed by atoms with Crippen LogP contribution < -0.4 is 4.74 Å². The number of benzene rings is 3. The zero-order chi connectivity index (χ0) is 18.7. The van der Waals surface area contributed by atoms with Crippen LogP contribution in [-0.4, -0.2) is 25.9 Å². The summed E-state index contributed by atoms with van der Waals surface area (Å²) >= 11 is 0. The van der Waals surface area contributed by atoms with E-state index in [0.29, 0.717) is 5.56 Å². The third-order valence-electron chi connectivity index (χ3n) is 3.98. The van der Waals surface area contributed by atoms with Crippen molar-refractivity contribution in [2.45, 2.75) is 4.90 Å². The minimum absolute atomic E-state index is 0.0628. The summed E-state index contributed by atoms with van der Waals surface area (Å²) < 4.78 is 37.4. The van der Waals surface area contributed by atoms with E-state index in [9.17, 15) is 17.8 Å². The lowest BCUT2D eigenvalue weighted by atomic mass is 9.99. The first kappa shape index (κ1) is 17.8. The molecule has 0 unspecified atom stereocenters. The summed E-state index contributed by atoms with van der Waals surface area (Å²) in [6.45, 7) is 0. The molecule has 0 atom stereocenters. The Hall–Kier alpha value is -2.96. The Morgan fingerprint density at radius 3 is 1.92 bits per heavy atom. The van der Waals surface area contributed by atoms with E-state index in [4.69, 9.17) is 4.74 Å². The van der Waals surface area contributed by atoms with Crippen LogP contribution in [0.1, 0.15) is 15.9 Å². The van der Waals surface area contributed by atoms with Crippen molar-refractivity contribution in [2.24, 2.45) is 0 Å². The number of rotatable bonds is 5. The maximum atomic E-state index is 12.7. The molecule has 0 aliphatic carbocycles. The van der Waals surface area contributed by atoms with E-state index in [0.717, 1.165) is 16.9 Å². The number of carbonyl (C=O) groups excluding carboxylic acids is 1. The van der Waals surface area contributed by atoms with Gasteiger partial charge in [-0.2, -0.15) is 8.42 Å². The smallest absolute Gasteiger partial charge is 0.295 e. The molecule has 132 valence electrons. The van der Waals surface area contributed by atoms with Crippen LogP contribution in [0.4, 0.5) is 0 Å². The van der Waals surface area contributed by atoms with E-state index in [1.54, 1.807) is 37.4 Å². The minimum Gasteiger partial charge on any atom is -0.497 e. The fourth-order valence-corrected chi connectivity index (χ4v) is 3.32. The van der Waals surface area contributed by atoms with Gasteiger partial charge in [-0.3, -0.25) is 9.35 Å². The van der Waals surface area contributed by atoms with E-state index in [2.05, 4.69) is 0 Å². The first-order valence-corrected chi connectivity index (χ1v) is 9.20. The lowest BCUT2D eigenvalue weighted by Gasteiger charge is -2.08. The van der Waals surface area contributed by atoms with Gasteiger partial charge in [0.2, 0.25) is 0 Å². The Bertz CT molecular complexity index is 1040. The summed E-state index contributed by atoms with van der Waals surface area (Å²) in [5.74, 6) is 0.280. The first-order chi connectivity index (χ1) is 12.4. The molecule has 0 bridgehead atoms. The number of hydrogen-bond donors (Lipinski definition) is 1. The van der Waals surface area contributed by atoms with Crippen molar-refractivity contribution in [3.05, 3.63) is 83.9 Å². The number of ketones is 1. The fourth-order valence-electron chi connectivity index (χ4n) is 2.63. The van der Waals surface area contributed by atoms with Crippen molar-refractivity contribution < 1.29 is 22.5 Å². The molecule has 0 spiro atoms. The summed E-state index contributed by atoms with van der Waals surface area (Å²) in [6.07, 6.45) is 0. The highest BCUT2D eigenvalue weighted by Gasteiger charge is 2.20. The highest BCUT2D eigenvalue weighted by molar-refractivity contribution is 7.86. The highest BCUT2D eigenvalue weighted by atomic mass is 32.2. The highest BCUT2D eigenvalue weighted by Crippen LogP contribution is 2.24. The number of hydrogen-bond acceptors (Lipinski definition) is 4. The number of methoxy groups -OCH3 is 1. The predicted molar refractivity (Wildman–Crippen MR) is 98.1 cm³/mol. The first-order valence-electron chi connectivity index (χ1n) is 7.76. The lowest BCUT2D eigenvalue weighted by molar-refractivity contribution is 0.103. The van der Waals surface area contributed by atoms with E-state index in [1.807, 2.05) is 24.3 Å². The molecule has 6 heteroatoms. The summed E-state index contributed by atoms with van der Waals surface area (Å²) in [4.78, 5) is 12.3. The molecule has 0 radical (unpaired) electrons. The van der Waals surface area contributed by atoms with Crippen LogP contribution in [0, 0.1) is 0 Å². The molecule has 0 saturated carbocycles. The Kier molecular flexibility index (Phi) is 4.88. The van der Waals surface area contributed by atoms with Gasteiger partial charge in [-0.15, -0.1) is 0 Å². The summed E-state index contributed by atoms with van der Waals surface area (Å²) in [5, 5.41) is 0. The van der Waals surface area contributed by atoms with E-state index in [1.165, 1.54) is 18.2 Å². The van der Waals surface area contributed by atoms with Gasteiger partial charge in [0.25, 0.3) is 10.1 Å². The van der Waals surface area contributed by atoms with Crippen LogP contribution in [0.5, 0.6) is 5.75 Å². The molecule has 3 rings (SSSR count). The van der Waals surface area contributed by atoms with Gasteiger partial charge in [-0.1, -0.05) is 48.5 Å². The second kappa shape index (κ2) is 7.11. The van der Waals surface area contributed by atoms with Crippen LogP contribution in [-0.2, 0) is 10.1 Å². The standard InChI is InChI=1S/C20H16O5S/c1-25-17-12-10-15(11-13-17)14-6-8-16(9-7-14)20(21)18-4-2-3-5-19(18)26(22,23)24/h2-13H,1H3,(H,22,23,24). The second-order valence-corrected chi connectivity index (χ2v) is 7.00. The van der Waals surface area contributed by atoms with Gasteiger partial charge >= 0.3 is 0 Å². The van der Waals surface area contributed by atoms with Gasteiger partial charge in [-0.05, 0) is 35.4 Å². The molecule has 5 nitrogen and oxygen atoms in total. The summed E-state index contributed by atoms with van der Waals surface area (Å²) in [7, 11) is -2.88.